The maximum atomic E-state index is 5.94. The van der Waals surface area contributed by atoms with Crippen LogP contribution in [0.3, 0.4) is 0 Å². The van der Waals surface area contributed by atoms with E-state index in [0.717, 1.165) is 50.7 Å². The normalized spacial score (nSPS) is 16.8. The van der Waals surface area contributed by atoms with E-state index in [1.807, 2.05) is 24.3 Å². The first-order chi connectivity index (χ1) is 10.8. The molecule has 1 fully saturated rings. The van der Waals surface area contributed by atoms with Crippen molar-refractivity contribution in [2.75, 3.05) is 32.7 Å². The molecule has 3 heteroatoms. The van der Waals surface area contributed by atoms with Gasteiger partial charge in [-0.1, -0.05) is 48.0 Å². The number of piperazine rings is 1. The third-order valence-electron chi connectivity index (χ3n) is 4.26. The topological polar surface area (TPSA) is 6.48 Å². The van der Waals surface area contributed by atoms with Crippen LogP contribution in [0.5, 0.6) is 0 Å². The van der Waals surface area contributed by atoms with Crippen LogP contribution in [0.4, 0.5) is 0 Å². The standard InChI is InChI=1S/C19H22ClN2/c20-19-8-6-18(7-9-19)16-22-14-12-21(13-15-22)11-10-17-4-2-1-3-5-17/h1-4,6-9H,10-16H2. The van der Waals surface area contributed by atoms with E-state index in [1.165, 1.54) is 11.1 Å². The van der Waals surface area contributed by atoms with Crippen LogP contribution in [0, 0.1) is 6.07 Å². The molecule has 2 nitrogen and oxygen atoms in total. The average Bonchev–Trinajstić information content (AvgIpc) is 2.57. The fraction of sp³-hybridized carbons (Fsp3) is 0.368. The molecule has 3 rings (SSSR count). The molecule has 0 spiro atoms. The van der Waals surface area contributed by atoms with Crippen molar-refractivity contribution in [1.82, 2.24) is 9.80 Å². The second-order valence-corrected chi connectivity index (χ2v) is 6.32. The van der Waals surface area contributed by atoms with Gasteiger partial charge in [-0.2, -0.15) is 0 Å². The van der Waals surface area contributed by atoms with E-state index in [4.69, 9.17) is 11.6 Å². The third kappa shape index (κ3) is 4.57. The lowest BCUT2D eigenvalue weighted by molar-refractivity contribution is 0.128. The molecule has 1 aliphatic rings. The summed E-state index contributed by atoms with van der Waals surface area (Å²) in [6.45, 7) is 6.75. The van der Waals surface area contributed by atoms with Crippen molar-refractivity contribution in [1.29, 1.82) is 0 Å². The monoisotopic (exact) mass is 313 g/mol. The smallest absolute Gasteiger partial charge is 0.0406 e. The van der Waals surface area contributed by atoms with Gasteiger partial charge in [0.1, 0.15) is 0 Å². The van der Waals surface area contributed by atoms with Gasteiger partial charge in [0.25, 0.3) is 0 Å². The summed E-state index contributed by atoms with van der Waals surface area (Å²) in [6, 6.07) is 19.8. The SMILES string of the molecule is Clc1ccc(CN2CCN(CCc3[c]cccc3)CC2)cc1. The molecule has 0 bridgehead atoms. The predicted molar refractivity (Wildman–Crippen MR) is 92.2 cm³/mol. The van der Waals surface area contributed by atoms with Gasteiger partial charge in [0.05, 0.1) is 0 Å². The minimum Gasteiger partial charge on any atom is -0.300 e. The van der Waals surface area contributed by atoms with Gasteiger partial charge in [-0.25, -0.2) is 0 Å². The Morgan fingerprint density at radius 2 is 1.64 bits per heavy atom. The number of hydrogen-bond donors (Lipinski definition) is 0. The fourth-order valence-corrected chi connectivity index (χ4v) is 3.01. The van der Waals surface area contributed by atoms with Gasteiger partial charge in [-0.15, -0.1) is 0 Å². The molecule has 0 saturated carbocycles. The van der Waals surface area contributed by atoms with Crippen molar-refractivity contribution >= 4 is 11.6 Å². The first-order valence-corrected chi connectivity index (χ1v) is 8.32. The third-order valence-corrected chi connectivity index (χ3v) is 4.51. The van der Waals surface area contributed by atoms with E-state index in [-0.39, 0.29) is 0 Å². The van der Waals surface area contributed by atoms with Gasteiger partial charge >= 0.3 is 0 Å². The minimum absolute atomic E-state index is 0.811. The highest BCUT2D eigenvalue weighted by atomic mass is 35.5. The van der Waals surface area contributed by atoms with Gasteiger partial charge in [0, 0.05) is 44.3 Å². The van der Waals surface area contributed by atoms with E-state index in [2.05, 4.69) is 40.1 Å². The van der Waals surface area contributed by atoms with Crippen molar-refractivity contribution < 1.29 is 0 Å². The highest BCUT2D eigenvalue weighted by molar-refractivity contribution is 6.30. The second-order valence-electron chi connectivity index (χ2n) is 5.88. The van der Waals surface area contributed by atoms with Crippen LogP contribution in [-0.4, -0.2) is 42.5 Å². The van der Waals surface area contributed by atoms with Crippen LogP contribution in [0.15, 0.2) is 48.5 Å². The molecule has 2 aromatic carbocycles. The minimum atomic E-state index is 0.811. The van der Waals surface area contributed by atoms with Crippen molar-refractivity contribution in [3.63, 3.8) is 0 Å². The Balaban J connectivity index is 1.41. The van der Waals surface area contributed by atoms with Gasteiger partial charge in [-0.3, -0.25) is 4.90 Å². The highest BCUT2D eigenvalue weighted by Gasteiger charge is 2.16. The van der Waals surface area contributed by atoms with Crippen molar-refractivity contribution in [2.24, 2.45) is 0 Å². The zero-order chi connectivity index (χ0) is 15.2. The number of benzene rings is 2. The highest BCUT2D eigenvalue weighted by Crippen LogP contribution is 2.13. The summed E-state index contributed by atoms with van der Waals surface area (Å²) >= 11 is 5.94. The Morgan fingerprint density at radius 3 is 2.32 bits per heavy atom. The van der Waals surface area contributed by atoms with Crippen molar-refractivity contribution in [3.05, 3.63) is 70.7 Å². The molecule has 1 radical (unpaired) electrons. The number of halogens is 1. The molecule has 2 aromatic rings. The first-order valence-electron chi connectivity index (χ1n) is 7.94. The van der Waals surface area contributed by atoms with E-state index in [1.54, 1.807) is 0 Å². The van der Waals surface area contributed by atoms with Gasteiger partial charge in [-0.05, 0) is 35.7 Å². The molecule has 1 aliphatic heterocycles. The summed E-state index contributed by atoms with van der Waals surface area (Å²) in [5.41, 5.74) is 2.66. The Labute approximate surface area is 138 Å². The number of hydrogen-bond acceptors (Lipinski definition) is 2. The number of nitrogens with zero attached hydrogens (tertiary/aromatic N) is 2. The molecule has 22 heavy (non-hydrogen) atoms. The number of rotatable bonds is 5. The largest absolute Gasteiger partial charge is 0.300 e. The molecule has 115 valence electrons. The van der Waals surface area contributed by atoms with E-state index in [0.29, 0.717) is 0 Å². The molecular formula is C19H22ClN2. The predicted octanol–water partition coefficient (Wildman–Crippen LogP) is 3.50. The van der Waals surface area contributed by atoms with Crippen molar-refractivity contribution in [2.45, 2.75) is 13.0 Å². The molecule has 0 amide bonds. The molecule has 0 aromatic heterocycles. The Hall–Kier alpha value is -1.35. The van der Waals surface area contributed by atoms with Crippen LogP contribution in [0.2, 0.25) is 5.02 Å². The average molecular weight is 314 g/mol. The zero-order valence-corrected chi connectivity index (χ0v) is 13.6. The molecule has 1 saturated heterocycles. The Morgan fingerprint density at radius 1 is 0.909 bits per heavy atom. The first kappa shape index (κ1) is 15.5. The summed E-state index contributed by atoms with van der Waals surface area (Å²) in [4.78, 5) is 5.08. The van der Waals surface area contributed by atoms with E-state index >= 15 is 0 Å². The molecule has 0 atom stereocenters. The lowest BCUT2D eigenvalue weighted by Crippen LogP contribution is -2.46. The molecule has 0 aliphatic carbocycles. The Kier molecular flexibility index (Phi) is 5.49. The maximum Gasteiger partial charge on any atom is 0.0406 e. The summed E-state index contributed by atoms with van der Waals surface area (Å²) in [5.74, 6) is 0. The van der Waals surface area contributed by atoms with Gasteiger partial charge < -0.3 is 4.90 Å². The second kappa shape index (κ2) is 7.77. The van der Waals surface area contributed by atoms with Crippen LogP contribution in [-0.2, 0) is 13.0 Å². The molecule has 1 heterocycles. The van der Waals surface area contributed by atoms with Crippen molar-refractivity contribution in [3.8, 4) is 0 Å². The lowest BCUT2D eigenvalue weighted by Gasteiger charge is -2.34. The van der Waals surface area contributed by atoms with Crippen LogP contribution >= 0.6 is 11.6 Å². The van der Waals surface area contributed by atoms with Crippen LogP contribution in [0.1, 0.15) is 11.1 Å². The summed E-state index contributed by atoms with van der Waals surface area (Å²) in [5, 5.41) is 0.811. The van der Waals surface area contributed by atoms with E-state index < -0.39 is 0 Å². The van der Waals surface area contributed by atoms with Gasteiger partial charge in [0.2, 0.25) is 0 Å². The fourth-order valence-electron chi connectivity index (χ4n) is 2.88. The summed E-state index contributed by atoms with van der Waals surface area (Å²) in [6.07, 6.45) is 1.10. The molecule has 0 N–H and O–H groups in total. The summed E-state index contributed by atoms with van der Waals surface area (Å²) in [7, 11) is 0. The zero-order valence-electron chi connectivity index (χ0n) is 12.8. The summed E-state index contributed by atoms with van der Waals surface area (Å²) < 4.78 is 0. The van der Waals surface area contributed by atoms with Gasteiger partial charge in [0.15, 0.2) is 0 Å². The van der Waals surface area contributed by atoms with E-state index in [9.17, 15) is 0 Å². The Bertz CT molecular complexity index is 560. The molecule has 0 unspecified atom stereocenters. The lowest BCUT2D eigenvalue weighted by atomic mass is 10.1. The van der Waals surface area contributed by atoms with Crippen LogP contribution in [0.25, 0.3) is 0 Å². The quantitative estimate of drug-likeness (QED) is 0.833. The maximum absolute atomic E-state index is 5.94. The molecular weight excluding hydrogens is 292 g/mol. The van der Waals surface area contributed by atoms with Crippen LogP contribution < -0.4 is 0 Å².